The van der Waals surface area contributed by atoms with Crippen molar-refractivity contribution in [2.24, 2.45) is 5.92 Å². The molecule has 2 saturated heterocycles. The summed E-state index contributed by atoms with van der Waals surface area (Å²) in [6.07, 6.45) is 5.38. The van der Waals surface area contributed by atoms with Gasteiger partial charge in [0.05, 0.1) is 6.61 Å². The number of hydrogen-bond donors (Lipinski definition) is 0. The normalized spacial score (nSPS) is 21.8. The van der Waals surface area contributed by atoms with Crippen LogP contribution in [0.3, 0.4) is 0 Å². The van der Waals surface area contributed by atoms with Crippen LogP contribution in [0, 0.1) is 5.92 Å². The molecule has 0 bridgehead atoms. The standard InChI is InChI=1S/C24H28N2O3/c27-22(11-14-26-13-3-15-29-26)25-12-2-5-19(16-25)24(28)21-10-9-18-8-7-17-4-1-6-20(21)23(17)18/h1,4,6,9-10,19H,2-3,5,7-8,11-16H2. The highest BCUT2D eigenvalue weighted by Crippen LogP contribution is 2.34. The largest absolute Gasteiger partial charge is 0.342 e. The Morgan fingerprint density at radius 3 is 2.72 bits per heavy atom. The number of likely N-dealkylation sites (tertiary alicyclic amines) is 1. The average Bonchev–Trinajstić information content (AvgIpc) is 3.43. The number of nitrogens with zero attached hydrogens (tertiary/aromatic N) is 2. The molecule has 0 N–H and O–H groups in total. The van der Waals surface area contributed by atoms with Crippen LogP contribution in [0.15, 0.2) is 30.3 Å². The molecule has 2 fully saturated rings. The Hall–Kier alpha value is -2.24. The molecule has 29 heavy (non-hydrogen) atoms. The first kappa shape index (κ1) is 18.8. The van der Waals surface area contributed by atoms with Gasteiger partial charge in [-0.25, -0.2) is 0 Å². The Morgan fingerprint density at radius 2 is 1.90 bits per heavy atom. The number of hydroxylamine groups is 2. The van der Waals surface area contributed by atoms with E-state index in [1.165, 1.54) is 16.5 Å². The van der Waals surface area contributed by atoms with Gasteiger partial charge in [0.2, 0.25) is 5.91 Å². The van der Waals surface area contributed by atoms with Crippen LogP contribution in [0.4, 0.5) is 0 Å². The minimum atomic E-state index is -0.103. The Bertz CT molecular complexity index is 938. The van der Waals surface area contributed by atoms with Gasteiger partial charge in [-0.1, -0.05) is 30.3 Å². The number of Topliss-reactive ketones (excluding diaryl/α,β-unsaturated/α-hetero) is 1. The van der Waals surface area contributed by atoms with Crippen LogP contribution in [0.5, 0.6) is 0 Å². The summed E-state index contributed by atoms with van der Waals surface area (Å²) in [6, 6.07) is 10.5. The molecule has 1 aliphatic carbocycles. The summed E-state index contributed by atoms with van der Waals surface area (Å²) in [5.41, 5.74) is 3.55. The molecule has 0 aromatic heterocycles. The highest BCUT2D eigenvalue weighted by Gasteiger charge is 2.30. The molecule has 0 spiro atoms. The molecule has 2 aromatic rings. The lowest BCUT2D eigenvalue weighted by Crippen LogP contribution is -2.43. The number of amides is 1. The van der Waals surface area contributed by atoms with E-state index in [0.717, 1.165) is 62.8 Å². The quantitative estimate of drug-likeness (QED) is 0.732. The maximum absolute atomic E-state index is 13.4. The Labute approximate surface area is 171 Å². The van der Waals surface area contributed by atoms with Crippen LogP contribution >= 0.6 is 0 Å². The zero-order chi connectivity index (χ0) is 19.8. The zero-order valence-corrected chi connectivity index (χ0v) is 16.9. The number of carbonyl (C=O) groups is 2. The van der Waals surface area contributed by atoms with E-state index in [4.69, 9.17) is 4.84 Å². The molecular weight excluding hydrogens is 364 g/mol. The molecule has 2 aromatic carbocycles. The van der Waals surface area contributed by atoms with E-state index >= 15 is 0 Å². The summed E-state index contributed by atoms with van der Waals surface area (Å²) >= 11 is 0. The van der Waals surface area contributed by atoms with Crippen molar-refractivity contribution in [3.05, 3.63) is 47.0 Å². The topological polar surface area (TPSA) is 49.9 Å². The zero-order valence-electron chi connectivity index (χ0n) is 16.9. The molecular formula is C24H28N2O3. The molecule has 152 valence electrons. The van der Waals surface area contributed by atoms with Crippen LogP contribution < -0.4 is 0 Å². The third-order valence-electron chi connectivity index (χ3n) is 6.69. The van der Waals surface area contributed by atoms with E-state index in [2.05, 4.69) is 24.3 Å². The van der Waals surface area contributed by atoms with E-state index in [1.54, 1.807) is 0 Å². The molecule has 5 rings (SSSR count). The predicted octanol–water partition coefficient (Wildman–Crippen LogP) is 3.39. The summed E-state index contributed by atoms with van der Waals surface area (Å²) in [7, 11) is 0. The van der Waals surface area contributed by atoms with Gasteiger partial charge in [-0.15, -0.1) is 0 Å². The minimum Gasteiger partial charge on any atom is -0.342 e. The van der Waals surface area contributed by atoms with Gasteiger partial charge in [0, 0.05) is 44.1 Å². The summed E-state index contributed by atoms with van der Waals surface area (Å²) in [4.78, 5) is 33.5. The molecule has 5 heteroatoms. The van der Waals surface area contributed by atoms with Crippen LogP contribution in [0.25, 0.3) is 10.8 Å². The third-order valence-corrected chi connectivity index (χ3v) is 6.69. The molecule has 5 nitrogen and oxygen atoms in total. The number of rotatable bonds is 5. The van der Waals surface area contributed by atoms with E-state index in [-0.39, 0.29) is 17.6 Å². The molecule has 2 aliphatic heterocycles. The monoisotopic (exact) mass is 392 g/mol. The Morgan fingerprint density at radius 1 is 1.03 bits per heavy atom. The number of carbonyl (C=O) groups excluding carboxylic acids is 2. The van der Waals surface area contributed by atoms with Crippen molar-refractivity contribution in [3.63, 3.8) is 0 Å². The van der Waals surface area contributed by atoms with Gasteiger partial charge in [-0.05, 0) is 54.0 Å². The number of ketones is 1. The van der Waals surface area contributed by atoms with Gasteiger partial charge in [-0.3, -0.25) is 14.4 Å². The van der Waals surface area contributed by atoms with Gasteiger partial charge in [0.1, 0.15) is 0 Å². The maximum atomic E-state index is 13.4. The number of piperidine rings is 1. The first-order valence-electron chi connectivity index (χ1n) is 10.9. The van der Waals surface area contributed by atoms with E-state index < -0.39 is 0 Å². The number of hydrogen-bond acceptors (Lipinski definition) is 4. The van der Waals surface area contributed by atoms with Crippen molar-refractivity contribution in [3.8, 4) is 0 Å². The van der Waals surface area contributed by atoms with Gasteiger partial charge in [-0.2, -0.15) is 5.06 Å². The maximum Gasteiger partial charge on any atom is 0.223 e. The lowest BCUT2D eigenvalue weighted by molar-refractivity contribution is -0.139. The minimum absolute atomic E-state index is 0.103. The van der Waals surface area contributed by atoms with Gasteiger partial charge < -0.3 is 4.90 Å². The molecule has 1 amide bonds. The lowest BCUT2D eigenvalue weighted by Gasteiger charge is -2.32. The lowest BCUT2D eigenvalue weighted by atomic mass is 9.87. The van der Waals surface area contributed by atoms with E-state index in [0.29, 0.717) is 19.5 Å². The van der Waals surface area contributed by atoms with Crippen molar-refractivity contribution in [2.75, 3.05) is 32.8 Å². The average molecular weight is 392 g/mol. The van der Waals surface area contributed by atoms with Crippen molar-refractivity contribution >= 4 is 22.5 Å². The second kappa shape index (κ2) is 7.88. The van der Waals surface area contributed by atoms with Crippen molar-refractivity contribution < 1.29 is 14.4 Å². The van der Waals surface area contributed by atoms with Crippen molar-refractivity contribution in [1.82, 2.24) is 9.96 Å². The van der Waals surface area contributed by atoms with E-state index in [9.17, 15) is 9.59 Å². The molecule has 3 aliphatic rings. The van der Waals surface area contributed by atoms with Crippen molar-refractivity contribution in [2.45, 2.75) is 38.5 Å². The van der Waals surface area contributed by atoms with Gasteiger partial charge in [0.25, 0.3) is 0 Å². The highest BCUT2D eigenvalue weighted by molar-refractivity contribution is 6.11. The van der Waals surface area contributed by atoms with Gasteiger partial charge >= 0.3 is 0 Å². The predicted molar refractivity (Wildman–Crippen MR) is 112 cm³/mol. The summed E-state index contributed by atoms with van der Waals surface area (Å²) in [5.74, 6) is 0.230. The molecule has 1 atom stereocenters. The second-order valence-corrected chi connectivity index (χ2v) is 8.52. The fourth-order valence-electron chi connectivity index (χ4n) is 5.15. The van der Waals surface area contributed by atoms with E-state index in [1.807, 2.05) is 16.0 Å². The SMILES string of the molecule is O=C(c1ccc2c3c(cccc13)CC2)C1CCCN(C(=O)CCN2CCCO2)C1. The summed E-state index contributed by atoms with van der Waals surface area (Å²) < 4.78 is 0. The summed E-state index contributed by atoms with van der Waals surface area (Å²) in [5, 5.41) is 4.27. The first-order valence-corrected chi connectivity index (χ1v) is 10.9. The Kier molecular flexibility index (Phi) is 5.10. The van der Waals surface area contributed by atoms with Crippen molar-refractivity contribution in [1.29, 1.82) is 0 Å². The van der Waals surface area contributed by atoms with Gasteiger partial charge in [0.15, 0.2) is 5.78 Å². The first-order chi connectivity index (χ1) is 14.2. The molecule has 0 radical (unpaired) electrons. The summed E-state index contributed by atoms with van der Waals surface area (Å²) in [6.45, 7) is 3.60. The Balaban J connectivity index is 1.30. The molecule has 0 saturated carbocycles. The molecule has 2 heterocycles. The number of benzene rings is 2. The van der Waals surface area contributed by atoms with Crippen LogP contribution in [-0.4, -0.2) is 54.4 Å². The fourth-order valence-corrected chi connectivity index (χ4v) is 5.15. The highest BCUT2D eigenvalue weighted by atomic mass is 16.7. The van der Waals surface area contributed by atoms with Crippen LogP contribution in [-0.2, 0) is 22.5 Å². The molecule has 1 unspecified atom stereocenters. The smallest absolute Gasteiger partial charge is 0.223 e. The van der Waals surface area contributed by atoms with Crippen LogP contribution in [0.1, 0.15) is 47.2 Å². The number of aryl methyl sites for hydroxylation is 2. The second-order valence-electron chi connectivity index (χ2n) is 8.52. The van der Waals surface area contributed by atoms with Crippen LogP contribution in [0.2, 0.25) is 0 Å². The fraction of sp³-hybridized carbons (Fsp3) is 0.500. The third kappa shape index (κ3) is 3.58.